The Morgan fingerprint density at radius 1 is 1.26 bits per heavy atom. The van der Waals surface area contributed by atoms with Gasteiger partial charge in [0.1, 0.15) is 5.75 Å². The van der Waals surface area contributed by atoms with Crippen LogP contribution in [-0.2, 0) is 11.2 Å². The minimum atomic E-state index is 0.0918. The maximum atomic E-state index is 11.9. The predicted molar refractivity (Wildman–Crippen MR) is 78.4 cm³/mol. The largest absolute Gasteiger partial charge is 0.497 e. The normalized spacial score (nSPS) is 11.9. The molecule has 0 heterocycles. The molecule has 0 fully saturated rings. The number of hydrogen-bond acceptors (Lipinski definition) is 2. The molecule has 1 N–H and O–H groups in total. The molecule has 3 nitrogen and oxygen atoms in total. The van der Waals surface area contributed by atoms with Crippen LogP contribution < -0.4 is 10.1 Å². The van der Waals surface area contributed by atoms with E-state index >= 15 is 0 Å². The van der Waals surface area contributed by atoms with Gasteiger partial charge in [0.15, 0.2) is 0 Å². The van der Waals surface area contributed by atoms with Gasteiger partial charge in [0.25, 0.3) is 0 Å². The molecule has 0 spiro atoms. The number of unbranched alkanes of at least 4 members (excludes halogenated alkanes) is 2. The second-order valence-electron chi connectivity index (χ2n) is 4.99. The summed E-state index contributed by atoms with van der Waals surface area (Å²) in [6.07, 6.45) is 5.12. The lowest BCUT2D eigenvalue weighted by molar-refractivity contribution is -0.121. The van der Waals surface area contributed by atoms with Gasteiger partial charge in [-0.3, -0.25) is 4.79 Å². The molecule has 1 aromatic rings. The summed E-state index contributed by atoms with van der Waals surface area (Å²) in [5.74, 6) is 0.909. The van der Waals surface area contributed by atoms with Crippen molar-refractivity contribution in [1.82, 2.24) is 5.32 Å². The van der Waals surface area contributed by atoms with Crippen molar-refractivity contribution < 1.29 is 9.53 Å². The van der Waals surface area contributed by atoms with Crippen molar-refractivity contribution in [3.8, 4) is 5.75 Å². The fraction of sp³-hybridized carbons (Fsp3) is 0.562. The summed E-state index contributed by atoms with van der Waals surface area (Å²) in [5, 5.41) is 3.05. The first kappa shape index (κ1) is 15.5. The van der Waals surface area contributed by atoms with Crippen LogP contribution in [0.2, 0.25) is 0 Å². The van der Waals surface area contributed by atoms with Crippen LogP contribution in [0.15, 0.2) is 24.3 Å². The molecule has 0 bridgehead atoms. The van der Waals surface area contributed by atoms with Gasteiger partial charge in [-0.2, -0.15) is 0 Å². The summed E-state index contributed by atoms with van der Waals surface area (Å²) in [5.41, 5.74) is 1.01. The number of amides is 1. The van der Waals surface area contributed by atoms with Gasteiger partial charge in [-0.15, -0.1) is 0 Å². The summed E-state index contributed by atoms with van der Waals surface area (Å²) >= 11 is 0. The molecular formula is C16H25NO2. The third-order valence-electron chi connectivity index (χ3n) is 3.17. The highest BCUT2D eigenvalue weighted by Crippen LogP contribution is 2.11. The number of carbonyl (C=O) groups is 1. The van der Waals surface area contributed by atoms with Gasteiger partial charge >= 0.3 is 0 Å². The number of hydrogen-bond donors (Lipinski definition) is 1. The third-order valence-corrected chi connectivity index (χ3v) is 3.17. The van der Waals surface area contributed by atoms with Crippen LogP contribution in [0.25, 0.3) is 0 Å². The molecule has 1 amide bonds. The molecule has 3 heteroatoms. The van der Waals surface area contributed by atoms with Crippen LogP contribution in [0.4, 0.5) is 0 Å². The molecule has 0 saturated heterocycles. The van der Waals surface area contributed by atoms with Crippen molar-refractivity contribution in [2.24, 2.45) is 0 Å². The molecule has 0 saturated carbocycles. The molecule has 0 aromatic heterocycles. The molecule has 0 radical (unpaired) electrons. The molecule has 0 aliphatic heterocycles. The molecule has 1 atom stereocenters. The first-order valence-electron chi connectivity index (χ1n) is 7.08. The van der Waals surface area contributed by atoms with Crippen molar-refractivity contribution in [2.45, 2.75) is 52.0 Å². The molecule has 1 aromatic carbocycles. The van der Waals surface area contributed by atoms with Crippen molar-refractivity contribution >= 4 is 5.91 Å². The topological polar surface area (TPSA) is 38.3 Å². The Kier molecular flexibility index (Phi) is 7.01. The van der Waals surface area contributed by atoms with E-state index in [1.165, 1.54) is 19.3 Å². The zero-order valence-corrected chi connectivity index (χ0v) is 12.2. The number of benzene rings is 1. The minimum absolute atomic E-state index is 0.0918. The maximum Gasteiger partial charge on any atom is 0.224 e. The van der Waals surface area contributed by atoms with Crippen LogP contribution in [0.1, 0.15) is 45.1 Å². The highest BCUT2D eigenvalue weighted by molar-refractivity contribution is 5.78. The molecule has 1 rings (SSSR count). The van der Waals surface area contributed by atoms with E-state index in [9.17, 15) is 4.79 Å². The van der Waals surface area contributed by atoms with E-state index < -0.39 is 0 Å². The third kappa shape index (κ3) is 6.27. The van der Waals surface area contributed by atoms with Gasteiger partial charge in [-0.05, 0) is 31.0 Å². The van der Waals surface area contributed by atoms with Crippen LogP contribution >= 0.6 is 0 Å². The van der Waals surface area contributed by atoms with Gasteiger partial charge in [0.05, 0.1) is 13.5 Å². The molecular weight excluding hydrogens is 238 g/mol. The lowest BCUT2D eigenvalue weighted by Crippen LogP contribution is -2.33. The second kappa shape index (κ2) is 8.57. The van der Waals surface area contributed by atoms with E-state index in [-0.39, 0.29) is 11.9 Å². The van der Waals surface area contributed by atoms with Crippen molar-refractivity contribution in [3.05, 3.63) is 29.8 Å². The van der Waals surface area contributed by atoms with Crippen molar-refractivity contribution in [2.75, 3.05) is 7.11 Å². The van der Waals surface area contributed by atoms with Crippen LogP contribution in [0, 0.1) is 0 Å². The van der Waals surface area contributed by atoms with E-state index in [1.54, 1.807) is 7.11 Å². The van der Waals surface area contributed by atoms with Crippen molar-refractivity contribution in [3.63, 3.8) is 0 Å². The standard InChI is InChI=1S/C16H25NO2/c1-4-5-6-7-13(2)17-16(18)12-14-8-10-15(19-3)11-9-14/h8-11,13H,4-7,12H2,1-3H3,(H,17,18). The first-order valence-corrected chi connectivity index (χ1v) is 7.08. The Bertz CT molecular complexity index is 373. The zero-order valence-electron chi connectivity index (χ0n) is 12.2. The number of nitrogens with one attached hydrogen (secondary N) is 1. The Morgan fingerprint density at radius 3 is 2.53 bits per heavy atom. The molecule has 0 aliphatic rings. The number of ether oxygens (including phenoxy) is 1. The Hall–Kier alpha value is -1.51. The smallest absolute Gasteiger partial charge is 0.224 e. The van der Waals surface area contributed by atoms with E-state index in [1.807, 2.05) is 24.3 Å². The molecule has 106 valence electrons. The van der Waals surface area contributed by atoms with Crippen LogP contribution in [0.5, 0.6) is 5.75 Å². The number of rotatable bonds is 8. The summed E-state index contributed by atoms with van der Waals surface area (Å²) in [4.78, 5) is 11.9. The maximum absolute atomic E-state index is 11.9. The molecule has 0 aliphatic carbocycles. The van der Waals surface area contributed by atoms with Gasteiger partial charge in [-0.25, -0.2) is 0 Å². The fourth-order valence-electron chi connectivity index (χ4n) is 2.03. The summed E-state index contributed by atoms with van der Waals surface area (Å²) in [7, 11) is 1.64. The molecule has 19 heavy (non-hydrogen) atoms. The van der Waals surface area contributed by atoms with E-state index in [2.05, 4.69) is 19.2 Å². The lowest BCUT2D eigenvalue weighted by Gasteiger charge is -2.13. The van der Waals surface area contributed by atoms with Gasteiger partial charge in [0.2, 0.25) is 5.91 Å². The number of methoxy groups -OCH3 is 1. The number of carbonyl (C=O) groups excluding carboxylic acids is 1. The highest BCUT2D eigenvalue weighted by Gasteiger charge is 2.08. The van der Waals surface area contributed by atoms with Gasteiger partial charge in [0, 0.05) is 6.04 Å². The van der Waals surface area contributed by atoms with Crippen LogP contribution in [-0.4, -0.2) is 19.1 Å². The Labute approximate surface area is 116 Å². The predicted octanol–water partition coefficient (Wildman–Crippen LogP) is 3.32. The fourth-order valence-corrected chi connectivity index (χ4v) is 2.03. The second-order valence-corrected chi connectivity index (χ2v) is 4.99. The van der Waals surface area contributed by atoms with Crippen LogP contribution in [0.3, 0.4) is 0 Å². The SMILES string of the molecule is CCCCCC(C)NC(=O)Cc1ccc(OC)cc1. The average molecular weight is 263 g/mol. The van der Waals surface area contributed by atoms with E-state index in [0.29, 0.717) is 6.42 Å². The summed E-state index contributed by atoms with van der Waals surface area (Å²) in [6, 6.07) is 7.89. The monoisotopic (exact) mass is 263 g/mol. The van der Waals surface area contributed by atoms with Gasteiger partial charge < -0.3 is 10.1 Å². The lowest BCUT2D eigenvalue weighted by atomic mass is 10.1. The average Bonchev–Trinajstić information content (AvgIpc) is 2.39. The minimum Gasteiger partial charge on any atom is -0.497 e. The summed E-state index contributed by atoms with van der Waals surface area (Å²) < 4.78 is 5.09. The summed E-state index contributed by atoms with van der Waals surface area (Å²) in [6.45, 7) is 4.26. The quantitative estimate of drug-likeness (QED) is 0.731. The van der Waals surface area contributed by atoms with E-state index in [0.717, 1.165) is 17.7 Å². The first-order chi connectivity index (χ1) is 9.15. The molecule has 1 unspecified atom stereocenters. The highest BCUT2D eigenvalue weighted by atomic mass is 16.5. The Morgan fingerprint density at radius 2 is 1.95 bits per heavy atom. The Balaban J connectivity index is 2.33. The van der Waals surface area contributed by atoms with Gasteiger partial charge in [-0.1, -0.05) is 38.3 Å². The van der Waals surface area contributed by atoms with Crippen molar-refractivity contribution in [1.29, 1.82) is 0 Å². The zero-order chi connectivity index (χ0) is 14.1. The van der Waals surface area contributed by atoms with E-state index in [4.69, 9.17) is 4.74 Å².